The average molecular weight is 522 g/mol. The predicted octanol–water partition coefficient (Wildman–Crippen LogP) is -5.44. The van der Waals surface area contributed by atoms with E-state index in [2.05, 4.69) is 6.92 Å². The SMILES string of the molecule is CCCCCCCCCCCCC(C(=O)O)C(O)(CC(=O)O)C(=O)O.O=C([O-])CCC(=O)[O-].[Na+].[Na+]. The number of rotatable bonds is 19. The van der Waals surface area contributed by atoms with Gasteiger partial charge in [0.05, 0.1) is 12.3 Å². The van der Waals surface area contributed by atoms with Gasteiger partial charge in [0.25, 0.3) is 0 Å². The van der Waals surface area contributed by atoms with E-state index in [4.69, 9.17) is 10.2 Å². The zero-order valence-corrected chi connectivity index (χ0v) is 25.1. The molecule has 35 heavy (non-hydrogen) atoms. The van der Waals surface area contributed by atoms with Crippen molar-refractivity contribution in [3.8, 4) is 0 Å². The van der Waals surface area contributed by atoms with Gasteiger partial charge in [0.2, 0.25) is 0 Å². The minimum Gasteiger partial charge on any atom is -0.550 e. The quantitative estimate of drug-likeness (QED) is 0.0928. The summed E-state index contributed by atoms with van der Waals surface area (Å²) in [6, 6.07) is 0. The van der Waals surface area contributed by atoms with Crippen molar-refractivity contribution in [2.45, 2.75) is 102 Å². The van der Waals surface area contributed by atoms with Crippen LogP contribution in [0.2, 0.25) is 0 Å². The monoisotopic (exact) mass is 522 g/mol. The number of aliphatic hydroxyl groups is 1. The molecule has 0 saturated heterocycles. The minimum absolute atomic E-state index is 0. The molecular formula is C22H36Na2O11. The van der Waals surface area contributed by atoms with Crippen LogP contribution in [0, 0.1) is 5.92 Å². The number of carbonyl (C=O) groups is 5. The van der Waals surface area contributed by atoms with E-state index in [1.807, 2.05) is 0 Å². The first kappa shape index (κ1) is 41.4. The maximum atomic E-state index is 11.3. The van der Waals surface area contributed by atoms with Gasteiger partial charge in [-0.15, -0.1) is 0 Å². The summed E-state index contributed by atoms with van der Waals surface area (Å²) in [5.74, 6) is -9.20. The van der Waals surface area contributed by atoms with Gasteiger partial charge in [-0.3, -0.25) is 9.59 Å². The van der Waals surface area contributed by atoms with E-state index in [1.54, 1.807) is 0 Å². The van der Waals surface area contributed by atoms with E-state index >= 15 is 0 Å². The summed E-state index contributed by atoms with van der Waals surface area (Å²) < 4.78 is 0. The molecule has 0 spiro atoms. The normalized spacial score (nSPS) is 12.4. The van der Waals surface area contributed by atoms with Crippen LogP contribution in [0.4, 0.5) is 0 Å². The molecule has 0 aromatic heterocycles. The molecule has 4 N–H and O–H groups in total. The Morgan fingerprint density at radius 2 is 1.09 bits per heavy atom. The maximum Gasteiger partial charge on any atom is 1.00 e. The Kier molecular flexibility index (Phi) is 29.6. The molecule has 13 heteroatoms. The molecule has 0 aromatic carbocycles. The van der Waals surface area contributed by atoms with Crippen LogP contribution in [0.5, 0.6) is 0 Å². The second kappa shape index (κ2) is 25.0. The van der Waals surface area contributed by atoms with E-state index in [1.165, 1.54) is 32.1 Å². The summed E-state index contributed by atoms with van der Waals surface area (Å²) in [5, 5.41) is 56.1. The summed E-state index contributed by atoms with van der Waals surface area (Å²) in [6.45, 7) is 2.17. The van der Waals surface area contributed by atoms with Gasteiger partial charge in [0.15, 0.2) is 5.60 Å². The van der Waals surface area contributed by atoms with Gasteiger partial charge in [0.1, 0.15) is 0 Å². The van der Waals surface area contributed by atoms with E-state index in [0.29, 0.717) is 6.42 Å². The maximum absolute atomic E-state index is 11.3. The fourth-order valence-corrected chi connectivity index (χ4v) is 3.18. The first-order valence-electron chi connectivity index (χ1n) is 11.2. The van der Waals surface area contributed by atoms with Crippen LogP contribution < -0.4 is 69.3 Å². The van der Waals surface area contributed by atoms with Gasteiger partial charge < -0.3 is 40.2 Å². The topological polar surface area (TPSA) is 212 Å². The molecular weight excluding hydrogens is 486 g/mol. The van der Waals surface area contributed by atoms with Crippen LogP contribution in [0.15, 0.2) is 0 Å². The van der Waals surface area contributed by atoms with Crippen molar-refractivity contribution >= 4 is 29.8 Å². The zero-order chi connectivity index (χ0) is 25.9. The van der Waals surface area contributed by atoms with E-state index < -0.39 is 60.6 Å². The van der Waals surface area contributed by atoms with Crippen LogP contribution in [0.25, 0.3) is 0 Å². The number of hydrogen-bond acceptors (Lipinski definition) is 8. The Bertz CT molecular complexity index is 615. The molecule has 0 bridgehead atoms. The molecule has 0 amide bonds. The van der Waals surface area contributed by atoms with E-state index in [9.17, 15) is 44.4 Å². The molecule has 0 rings (SSSR count). The van der Waals surface area contributed by atoms with Crippen LogP contribution >= 0.6 is 0 Å². The number of unbranched alkanes of at least 4 members (excludes halogenated alkanes) is 9. The van der Waals surface area contributed by atoms with Crippen LogP contribution in [-0.2, 0) is 24.0 Å². The third kappa shape index (κ3) is 23.5. The standard InChI is InChI=1S/C18H32O7.C4H6O4.2Na/c1-2-3-4-5-6-7-8-9-10-11-12-14(16(21)22)18(25,17(23)24)13-15(19)20;5-3(6)1-2-4(7)8;;/h14,25H,2-13H2,1H3,(H,19,20)(H,21,22)(H,23,24);1-2H2,(H,5,6)(H,7,8);;/q;;2*+1/p-2. The number of aliphatic carboxylic acids is 5. The molecule has 0 fully saturated rings. The Balaban J connectivity index is -0.000000412. The van der Waals surface area contributed by atoms with Crippen molar-refractivity contribution in [2.75, 3.05) is 0 Å². The minimum atomic E-state index is -2.78. The van der Waals surface area contributed by atoms with E-state index in [-0.39, 0.29) is 65.5 Å². The summed E-state index contributed by atoms with van der Waals surface area (Å²) >= 11 is 0. The second-order valence-electron chi connectivity index (χ2n) is 7.91. The van der Waals surface area contributed by atoms with Crippen molar-refractivity contribution in [3.63, 3.8) is 0 Å². The van der Waals surface area contributed by atoms with Crippen LogP contribution in [0.3, 0.4) is 0 Å². The zero-order valence-electron chi connectivity index (χ0n) is 21.1. The Hall–Kier alpha value is -0.690. The molecule has 11 nitrogen and oxygen atoms in total. The fraction of sp³-hybridized carbons (Fsp3) is 0.773. The number of carboxylic acids is 5. The van der Waals surface area contributed by atoms with Crippen molar-refractivity contribution in [1.29, 1.82) is 0 Å². The van der Waals surface area contributed by atoms with Gasteiger partial charge in [-0.2, -0.15) is 0 Å². The Labute approximate surface area is 250 Å². The smallest absolute Gasteiger partial charge is 0.550 e. The van der Waals surface area contributed by atoms with Gasteiger partial charge in [-0.1, -0.05) is 71.1 Å². The molecule has 0 saturated carbocycles. The van der Waals surface area contributed by atoms with Crippen molar-refractivity contribution < 1.29 is 114 Å². The molecule has 2 atom stereocenters. The third-order valence-electron chi connectivity index (χ3n) is 5.05. The summed E-state index contributed by atoms with van der Waals surface area (Å²) in [5.41, 5.74) is -2.78. The summed E-state index contributed by atoms with van der Waals surface area (Å²) in [6.07, 6.45) is 8.32. The molecule has 2 unspecified atom stereocenters. The van der Waals surface area contributed by atoms with Gasteiger partial charge in [-0.25, -0.2) is 4.79 Å². The number of carbonyl (C=O) groups excluding carboxylic acids is 2. The van der Waals surface area contributed by atoms with Crippen LogP contribution in [0.1, 0.15) is 96.8 Å². The first-order chi connectivity index (χ1) is 15.4. The second-order valence-corrected chi connectivity index (χ2v) is 7.91. The number of hydrogen-bond donors (Lipinski definition) is 4. The Morgan fingerprint density at radius 3 is 1.37 bits per heavy atom. The predicted molar refractivity (Wildman–Crippen MR) is 112 cm³/mol. The van der Waals surface area contributed by atoms with Gasteiger partial charge in [0, 0.05) is 11.9 Å². The average Bonchev–Trinajstić information content (AvgIpc) is 2.70. The number of carboxylic acid groups (broad SMARTS) is 5. The third-order valence-corrected chi connectivity index (χ3v) is 5.05. The summed E-state index contributed by atoms with van der Waals surface area (Å²) in [4.78, 5) is 52.3. The summed E-state index contributed by atoms with van der Waals surface area (Å²) in [7, 11) is 0. The molecule has 0 aromatic rings. The van der Waals surface area contributed by atoms with Crippen molar-refractivity contribution in [3.05, 3.63) is 0 Å². The van der Waals surface area contributed by atoms with Gasteiger partial charge >= 0.3 is 77.0 Å². The molecule has 0 radical (unpaired) electrons. The fourth-order valence-electron chi connectivity index (χ4n) is 3.18. The van der Waals surface area contributed by atoms with Crippen molar-refractivity contribution in [2.24, 2.45) is 5.92 Å². The molecule has 0 heterocycles. The Morgan fingerprint density at radius 1 is 0.714 bits per heavy atom. The molecule has 0 aliphatic heterocycles. The van der Waals surface area contributed by atoms with Gasteiger partial charge in [-0.05, 0) is 19.3 Å². The van der Waals surface area contributed by atoms with Crippen molar-refractivity contribution in [1.82, 2.24) is 0 Å². The first-order valence-corrected chi connectivity index (χ1v) is 11.2. The van der Waals surface area contributed by atoms with Crippen LogP contribution in [-0.4, -0.2) is 55.9 Å². The molecule has 0 aliphatic rings. The largest absolute Gasteiger partial charge is 1.00 e. The molecule has 192 valence electrons. The van der Waals surface area contributed by atoms with E-state index in [0.717, 1.165) is 25.7 Å². The molecule has 0 aliphatic carbocycles.